The topological polar surface area (TPSA) is 49.8 Å². The molecule has 4 nitrogen and oxygen atoms in total. The molecule has 132 valence electrons. The average Bonchev–Trinajstić information content (AvgIpc) is 2.92. The van der Waals surface area contributed by atoms with Crippen molar-refractivity contribution in [3.63, 3.8) is 0 Å². The van der Waals surface area contributed by atoms with Gasteiger partial charge >= 0.3 is 5.97 Å². The van der Waals surface area contributed by atoms with Gasteiger partial charge in [-0.15, -0.1) is 0 Å². The summed E-state index contributed by atoms with van der Waals surface area (Å²) < 4.78 is 5.82. The number of carbonyl (C=O) groups is 1. The van der Waals surface area contributed by atoms with Crippen molar-refractivity contribution in [3.05, 3.63) is 0 Å². The van der Waals surface area contributed by atoms with Crippen molar-refractivity contribution in [1.29, 1.82) is 0 Å². The van der Waals surface area contributed by atoms with Crippen molar-refractivity contribution in [2.45, 2.75) is 65.6 Å². The molecule has 3 aliphatic rings. The third kappa shape index (κ3) is 2.82. The van der Waals surface area contributed by atoms with Gasteiger partial charge in [-0.1, -0.05) is 27.7 Å². The first-order valence-corrected chi connectivity index (χ1v) is 9.51. The molecule has 1 N–H and O–H groups in total. The van der Waals surface area contributed by atoms with Crippen LogP contribution >= 0.6 is 0 Å². The first-order chi connectivity index (χ1) is 10.9. The first kappa shape index (κ1) is 17.2. The Morgan fingerprint density at radius 2 is 2.00 bits per heavy atom. The maximum absolute atomic E-state index is 12.5. The summed E-state index contributed by atoms with van der Waals surface area (Å²) in [5.41, 5.74) is -0.0473. The lowest BCUT2D eigenvalue weighted by atomic mass is 9.68. The van der Waals surface area contributed by atoms with Crippen LogP contribution < -0.4 is 0 Å². The first-order valence-electron chi connectivity index (χ1n) is 9.51. The molecule has 0 amide bonds. The molecule has 0 aromatic heterocycles. The minimum absolute atomic E-state index is 0.00589. The van der Waals surface area contributed by atoms with Gasteiger partial charge in [-0.05, 0) is 56.0 Å². The number of hydrogen-bond acceptors (Lipinski definition) is 4. The summed E-state index contributed by atoms with van der Waals surface area (Å²) in [6, 6.07) is 0. The molecule has 4 heteroatoms. The van der Waals surface area contributed by atoms with E-state index >= 15 is 0 Å². The SMILES string of the molecule is CCN(CC)C[C@@H]1C(=O)O[C@H]2C[C@@H](C)[C@@H]3CC[C@H](O)[C@@]3(C)C[C@@H]21. The lowest BCUT2D eigenvalue weighted by molar-refractivity contribution is -0.145. The lowest BCUT2D eigenvalue weighted by Crippen LogP contribution is -2.39. The zero-order valence-corrected chi connectivity index (χ0v) is 15.1. The highest BCUT2D eigenvalue weighted by atomic mass is 16.6. The van der Waals surface area contributed by atoms with Crippen molar-refractivity contribution in [2.24, 2.45) is 29.1 Å². The normalized spacial score (nSPS) is 46.4. The van der Waals surface area contributed by atoms with Gasteiger partial charge in [0.25, 0.3) is 0 Å². The molecule has 0 spiro atoms. The number of rotatable bonds is 4. The highest BCUT2D eigenvalue weighted by Crippen LogP contribution is 2.57. The number of aliphatic hydroxyl groups excluding tert-OH is 1. The molecule has 2 saturated carbocycles. The van der Waals surface area contributed by atoms with Gasteiger partial charge < -0.3 is 14.7 Å². The van der Waals surface area contributed by atoms with Crippen LogP contribution in [-0.2, 0) is 9.53 Å². The summed E-state index contributed by atoms with van der Waals surface area (Å²) in [5.74, 6) is 1.33. The molecule has 0 radical (unpaired) electrons. The summed E-state index contributed by atoms with van der Waals surface area (Å²) >= 11 is 0. The Labute approximate surface area is 140 Å². The third-order valence-electron chi connectivity index (χ3n) is 7.24. The van der Waals surface area contributed by atoms with Crippen LogP contribution in [0.4, 0.5) is 0 Å². The second kappa shape index (κ2) is 6.36. The maximum Gasteiger partial charge on any atom is 0.310 e. The van der Waals surface area contributed by atoms with E-state index < -0.39 is 0 Å². The van der Waals surface area contributed by atoms with Crippen molar-refractivity contribution >= 4 is 5.97 Å². The van der Waals surface area contributed by atoms with Crippen molar-refractivity contribution < 1.29 is 14.6 Å². The fourth-order valence-corrected chi connectivity index (χ4v) is 5.73. The molecule has 3 fully saturated rings. The molecular weight excluding hydrogens is 290 g/mol. The average molecular weight is 323 g/mol. The number of aliphatic hydroxyl groups is 1. The Morgan fingerprint density at radius 3 is 2.65 bits per heavy atom. The highest BCUT2D eigenvalue weighted by Gasteiger charge is 2.57. The van der Waals surface area contributed by atoms with Crippen LogP contribution in [0.5, 0.6) is 0 Å². The van der Waals surface area contributed by atoms with Gasteiger partial charge in [-0.3, -0.25) is 4.79 Å². The summed E-state index contributed by atoms with van der Waals surface area (Å²) in [6.07, 6.45) is 3.78. The van der Waals surface area contributed by atoms with Crippen LogP contribution in [0.15, 0.2) is 0 Å². The van der Waals surface area contributed by atoms with E-state index in [1.165, 1.54) is 0 Å². The quantitative estimate of drug-likeness (QED) is 0.808. The smallest absolute Gasteiger partial charge is 0.310 e. The molecule has 0 aromatic rings. The molecule has 1 aliphatic heterocycles. The summed E-state index contributed by atoms with van der Waals surface area (Å²) in [6.45, 7) is 11.6. The fraction of sp³-hybridized carbons (Fsp3) is 0.947. The molecule has 3 rings (SSSR count). The highest BCUT2D eigenvalue weighted by molar-refractivity contribution is 5.75. The van der Waals surface area contributed by atoms with E-state index in [2.05, 4.69) is 32.6 Å². The molecule has 0 bridgehead atoms. The Kier molecular flexibility index (Phi) is 4.76. The van der Waals surface area contributed by atoms with E-state index in [9.17, 15) is 9.90 Å². The Hall–Kier alpha value is -0.610. The van der Waals surface area contributed by atoms with Gasteiger partial charge in [-0.25, -0.2) is 0 Å². The van der Waals surface area contributed by atoms with Crippen molar-refractivity contribution in [1.82, 2.24) is 4.90 Å². The summed E-state index contributed by atoms with van der Waals surface area (Å²) in [5, 5.41) is 10.6. The number of esters is 1. The minimum atomic E-state index is -0.224. The summed E-state index contributed by atoms with van der Waals surface area (Å²) in [7, 11) is 0. The van der Waals surface area contributed by atoms with Crippen LogP contribution in [0, 0.1) is 29.1 Å². The van der Waals surface area contributed by atoms with E-state index in [-0.39, 0.29) is 35.4 Å². The molecule has 1 heterocycles. The van der Waals surface area contributed by atoms with Gasteiger partial charge in [0.05, 0.1) is 12.0 Å². The predicted molar refractivity (Wildman–Crippen MR) is 89.9 cm³/mol. The van der Waals surface area contributed by atoms with Crippen LogP contribution in [0.25, 0.3) is 0 Å². The van der Waals surface area contributed by atoms with Gasteiger partial charge in [0.2, 0.25) is 0 Å². The minimum Gasteiger partial charge on any atom is -0.462 e. The lowest BCUT2D eigenvalue weighted by Gasteiger charge is -2.37. The zero-order chi connectivity index (χ0) is 16.8. The van der Waals surface area contributed by atoms with Gasteiger partial charge in [0, 0.05) is 12.5 Å². The van der Waals surface area contributed by atoms with E-state index in [0.29, 0.717) is 11.8 Å². The van der Waals surface area contributed by atoms with Gasteiger partial charge in [-0.2, -0.15) is 0 Å². The van der Waals surface area contributed by atoms with E-state index in [1.807, 2.05) is 0 Å². The van der Waals surface area contributed by atoms with Crippen molar-refractivity contribution in [3.8, 4) is 0 Å². The molecule has 2 aliphatic carbocycles. The number of nitrogens with zero attached hydrogens (tertiary/aromatic N) is 1. The van der Waals surface area contributed by atoms with E-state index in [1.54, 1.807) is 0 Å². The maximum atomic E-state index is 12.5. The zero-order valence-electron chi connectivity index (χ0n) is 15.1. The van der Waals surface area contributed by atoms with Gasteiger partial charge in [0.1, 0.15) is 6.10 Å². The molecule has 1 saturated heterocycles. The molecule has 0 unspecified atom stereocenters. The number of hydrogen-bond donors (Lipinski definition) is 1. The van der Waals surface area contributed by atoms with Crippen LogP contribution in [0.1, 0.15) is 53.4 Å². The standard InChI is InChI=1S/C19H33NO3/c1-5-20(6-2)11-14-13-10-19(4)15(7-8-17(19)21)12(3)9-16(13)23-18(14)22/h12-17,21H,5-11H2,1-4H3/t12-,13-,14+,15+,16+,17+,19+/m1/s1. The fourth-order valence-electron chi connectivity index (χ4n) is 5.73. The Balaban J connectivity index is 1.85. The second-order valence-electron chi connectivity index (χ2n) is 8.35. The third-order valence-corrected chi connectivity index (χ3v) is 7.24. The van der Waals surface area contributed by atoms with Crippen LogP contribution in [-0.4, -0.2) is 47.8 Å². The van der Waals surface area contributed by atoms with Crippen LogP contribution in [0.3, 0.4) is 0 Å². The largest absolute Gasteiger partial charge is 0.462 e. The second-order valence-corrected chi connectivity index (χ2v) is 8.35. The summed E-state index contributed by atoms with van der Waals surface area (Å²) in [4.78, 5) is 14.8. The van der Waals surface area contributed by atoms with Crippen molar-refractivity contribution in [2.75, 3.05) is 19.6 Å². The number of fused-ring (bicyclic) bond motifs is 2. The number of ether oxygens (including phenoxy) is 1. The Morgan fingerprint density at radius 1 is 1.30 bits per heavy atom. The predicted octanol–water partition coefficient (Wildman–Crippen LogP) is 2.69. The molecule has 0 aromatic carbocycles. The molecule has 7 atom stereocenters. The van der Waals surface area contributed by atoms with E-state index in [0.717, 1.165) is 45.3 Å². The number of carbonyl (C=O) groups excluding carboxylic acids is 1. The monoisotopic (exact) mass is 323 g/mol. The molecule has 23 heavy (non-hydrogen) atoms. The van der Waals surface area contributed by atoms with Gasteiger partial charge in [0.15, 0.2) is 0 Å². The molecular formula is C19H33NO3. The Bertz CT molecular complexity index is 450. The van der Waals surface area contributed by atoms with E-state index in [4.69, 9.17) is 4.74 Å². The van der Waals surface area contributed by atoms with Crippen LogP contribution in [0.2, 0.25) is 0 Å².